The summed E-state index contributed by atoms with van der Waals surface area (Å²) in [6, 6.07) is 10.1. The van der Waals surface area contributed by atoms with Crippen LogP contribution in [0.2, 0.25) is 0 Å². The van der Waals surface area contributed by atoms with Gasteiger partial charge in [0, 0.05) is 6.42 Å². The third-order valence-electron chi connectivity index (χ3n) is 8.38. The van der Waals surface area contributed by atoms with Crippen molar-refractivity contribution in [3.63, 3.8) is 0 Å². The number of carbonyl (C=O) groups excluding carboxylic acids is 1. The van der Waals surface area contributed by atoms with Crippen LogP contribution in [0.5, 0.6) is 0 Å². The van der Waals surface area contributed by atoms with Gasteiger partial charge in [0.15, 0.2) is 0 Å². The molecule has 0 radical (unpaired) electrons. The molecule has 0 unspecified atom stereocenters. The number of unbranched alkanes of at least 4 members (excludes halogenated alkanes) is 1. The Hall–Kier alpha value is -1.97. The largest absolute Gasteiger partial charge is 0.463 e. The highest BCUT2D eigenvalue weighted by molar-refractivity contribution is 5.69. The molecule has 4 N–H and O–H groups in total. The predicted octanol–water partition coefficient (Wildman–Crippen LogP) is 2.87. The van der Waals surface area contributed by atoms with Crippen LogP contribution in [0.3, 0.4) is 0 Å². The minimum Gasteiger partial charge on any atom is -0.463 e. The maximum absolute atomic E-state index is 12.0. The summed E-state index contributed by atoms with van der Waals surface area (Å²) in [6.07, 6.45) is 8.09. The average molecular weight is 699 g/mol. The first-order valence-electron chi connectivity index (χ1n) is 18.0. The van der Waals surface area contributed by atoms with Crippen molar-refractivity contribution in [1.82, 2.24) is 0 Å². The number of esters is 1. The van der Waals surface area contributed by atoms with Crippen LogP contribution in [0.4, 0.5) is 0 Å². The molecule has 0 aliphatic heterocycles. The standard InChI is InChI=1S/C37H62O12/c38-16-17-43-18-19-44-20-21-45-22-23-46-24-25-47-26-27-48-28-29-49-37(42)11-7-2-1-6-10-33-34(36(41)30-35(33)40)15-14-32(39)13-12-31-8-4-3-5-9-31/h1,3-6,8-9,32-36,38-41H,2,7,10-30H2/b6-1-/t32-,33+,34+,35-,36+/m0/s1. The van der Waals surface area contributed by atoms with Crippen molar-refractivity contribution in [2.24, 2.45) is 11.8 Å². The second kappa shape index (κ2) is 29.7. The minimum atomic E-state index is -0.551. The zero-order chi connectivity index (χ0) is 35.2. The van der Waals surface area contributed by atoms with Crippen molar-refractivity contribution in [3.05, 3.63) is 48.0 Å². The number of aryl methyl sites for hydroxylation is 1. The normalized spacial score (nSPS) is 19.9. The van der Waals surface area contributed by atoms with Crippen molar-refractivity contribution in [2.75, 3.05) is 92.5 Å². The number of benzene rings is 1. The highest BCUT2D eigenvalue weighted by Crippen LogP contribution is 2.38. The van der Waals surface area contributed by atoms with E-state index in [1.165, 1.54) is 5.56 Å². The molecule has 5 atom stereocenters. The molecule has 2 rings (SSSR count). The minimum absolute atomic E-state index is 0.0129. The average Bonchev–Trinajstić information content (AvgIpc) is 3.38. The molecule has 12 heteroatoms. The van der Waals surface area contributed by atoms with E-state index >= 15 is 0 Å². The van der Waals surface area contributed by atoms with Crippen LogP contribution < -0.4 is 0 Å². The molecule has 1 aliphatic rings. The molecule has 1 aliphatic carbocycles. The van der Waals surface area contributed by atoms with Crippen molar-refractivity contribution in [2.45, 2.75) is 76.1 Å². The smallest absolute Gasteiger partial charge is 0.305 e. The van der Waals surface area contributed by atoms with Gasteiger partial charge in [-0.25, -0.2) is 0 Å². The molecule has 0 bridgehead atoms. The number of aliphatic hydroxyl groups is 4. The van der Waals surface area contributed by atoms with Crippen LogP contribution in [0.15, 0.2) is 42.5 Å². The molecule has 0 aromatic heterocycles. The second-order valence-corrected chi connectivity index (χ2v) is 12.2. The quantitative estimate of drug-likeness (QED) is 0.0496. The van der Waals surface area contributed by atoms with E-state index in [2.05, 4.69) is 12.1 Å². The Morgan fingerprint density at radius 2 is 1.24 bits per heavy atom. The Labute approximate surface area is 292 Å². The topological polar surface area (TPSA) is 163 Å². The van der Waals surface area contributed by atoms with E-state index in [-0.39, 0.29) is 31.0 Å². The molecule has 0 heterocycles. The van der Waals surface area contributed by atoms with E-state index in [4.69, 9.17) is 38.3 Å². The lowest BCUT2D eigenvalue weighted by Gasteiger charge is -2.23. The van der Waals surface area contributed by atoms with Gasteiger partial charge in [-0.05, 0) is 68.8 Å². The van der Waals surface area contributed by atoms with Gasteiger partial charge >= 0.3 is 5.97 Å². The molecule has 1 aromatic rings. The van der Waals surface area contributed by atoms with Gasteiger partial charge in [-0.3, -0.25) is 4.79 Å². The van der Waals surface area contributed by atoms with Gasteiger partial charge in [0.1, 0.15) is 6.61 Å². The van der Waals surface area contributed by atoms with E-state index in [9.17, 15) is 20.1 Å². The van der Waals surface area contributed by atoms with Gasteiger partial charge < -0.3 is 53.6 Å². The molecule has 0 amide bonds. The van der Waals surface area contributed by atoms with Gasteiger partial charge in [0.2, 0.25) is 0 Å². The molecule has 0 saturated heterocycles. The summed E-state index contributed by atoms with van der Waals surface area (Å²) in [7, 11) is 0. The van der Waals surface area contributed by atoms with Gasteiger partial charge in [-0.15, -0.1) is 0 Å². The second-order valence-electron chi connectivity index (χ2n) is 12.2. The van der Waals surface area contributed by atoms with Gasteiger partial charge in [0.25, 0.3) is 0 Å². The lowest BCUT2D eigenvalue weighted by Crippen LogP contribution is -2.23. The molecule has 0 spiro atoms. The van der Waals surface area contributed by atoms with Gasteiger partial charge in [-0.2, -0.15) is 0 Å². The van der Waals surface area contributed by atoms with E-state index in [1.54, 1.807) is 0 Å². The summed E-state index contributed by atoms with van der Waals surface area (Å²) in [6.45, 7) is 5.42. The fraction of sp³-hybridized carbons (Fsp3) is 0.757. The lowest BCUT2D eigenvalue weighted by molar-refractivity contribution is -0.145. The van der Waals surface area contributed by atoms with E-state index in [0.29, 0.717) is 124 Å². The number of carbonyl (C=O) groups is 1. The Bertz CT molecular complexity index is 933. The van der Waals surface area contributed by atoms with Crippen molar-refractivity contribution >= 4 is 5.97 Å². The predicted molar refractivity (Wildman–Crippen MR) is 184 cm³/mol. The number of ether oxygens (including phenoxy) is 7. The number of allylic oxidation sites excluding steroid dienone is 2. The highest BCUT2D eigenvalue weighted by Gasteiger charge is 2.40. The maximum Gasteiger partial charge on any atom is 0.305 e. The first-order chi connectivity index (χ1) is 24.0. The Morgan fingerprint density at radius 3 is 1.82 bits per heavy atom. The summed E-state index contributed by atoms with van der Waals surface area (Å²) < 4.78 is 37.4. The third kappa shape index (κ3) is 22.5. The van der Waals surface area contributed by atoms with Gasteiger partial charge in [-0.1, -0.05) is 42.5 Å². The number of aliphatic hydroxyl groups excluding tert-OH is 4. The van der Waals surface area contributed by atoms with Crippen LogP contribution in [0, 0.1) is 11.8 Å². The van der Waals surface area contributed by atoms with Crippen molar-refractivity contribution in [3.8, 4) is 0 Å². The van der Waals surface area contributed by atoms with Gasteiger partial charge in [0.05, 0.1) is 104 Å². The molecular formula is C37H62O12. The molecule has 1 fully saturated rings. The Kier molecular flexibility index (Phi) is 26.2. The fourth-order valence-corrected chi connectivity index (χ4v) is 5.70. The summed E-state index contributed by atoms with van der Waals surface area (Å²) in [5.74, 6) is -0.326. The van der Waals surface area contributed by atoms with Crippen LogP contribution in [0.25, 0.3) is 0 Å². The third-order valence-corrected chi connectivity index (χ3v) is 8.38. The monoisotopic (exact) mass is 698 g/mol. The van der Waals surface area contributed by atoms with E-state index < -0.39 is 18.3 Å². The first-order valence-corrected chi connectivity index (χ1v) is 18.0. The summed E-state index contributed by atoms with van der Waals surface area (Å²) >= 11 is 0. The summed E-state index contributed by atoms with van der Waals surface area (Å²) in [5, 5.41) is 40.1. The van der Waals surface area contributed by atoms with Crippen LogP contribution >= 0.6 is 0 Å². The summed E-state index contributed by atoms with van der Waals surface area (Å²) in [4.78, 5) is 12.0. The molecule has 12 nitrogen and oxygen atoms in total. The Morgan fingerprint density at radius 1 is 0.714 bits per heavy atom. The van der Waals surface area contributed by atoms with E-state index in [0.717, 1.165) is 12.8 Å². The highest BCUT2D eigenvalue weighted by atomic mass is 16.6. The van der Waals surface area contributed by atoms with Crippen LogP contribution in [-0.4, -0.2) is 137 Å². The zero-order valence-electron chi connectivity index (χ0n) is 29.2. The first kappa shape index (κ1) is 43.2. The molecular weight excluding hydrogens is 636 g/mol. The van der Waals surface area contributed by atoms with Crippen LogP contribution in [-0.2, 0) is 44.4 Å². The van der Waals surface area contributed by atoms with Crippen LogP contribution in [0.1, 0.15) is 56.9 Å². The van der Waals surface area contributed by atoms with Crippen molar-refractivity contribution in [1.29, 1.82) is 0 Å². The zero-order valence-corrected chi connectivity index (χ0v) is 29.2. The summed E-state index contributed by atoms with van der Waals surface area (Å²) in [5.41, 5.74) is 1.20. The fourth-order valence-electron chi connectivity index (χ4n) is 5.70. The number of hydrogen-bond acceptors (Lipinski definition) is 12. The molecule has 1 saturated carbocycles. The Balaban J connectivity index is 1.37. The van der Waals surface area contributed by atoms with Crippen molar-refractivity contribution < 1.29 is 58.4 Å². The molecule has 49 heavy (non-hydrogen) atoms. The number of rotatable bonds is 32. The number of hydrogen-bond donors (Lipinski definition) is 4. The molecule has 1 aromatic carbocycles. The molecule has 282 valence electrons. The lowest BCUT2D eigenvalue weighted by atomic mass is 9.85. The maximum atomic E-state index is 12.0. The SMILES string of the molecule is O=C(CCC/C=C\C[C@@H]1[C@@H](CC[C@@H](O)CCc2ccccc2)[C@H](O)C[C@@H]1O)OCCOCCOCCOCCOCCOCCOCCO. The van der Waals surface area contributed by atoms with E-state index in [1.807, 2.05) is 30.4 Å².